The van der Waals surface area contributed by atoms with E-state index in [0.29, 0.717) is 16.8 Å². The third-order valence-electron chi connectivity index (χ3n) is 3.96. The van der Waals surface area contributed by atoms with E-state index in [1.807, 2.05) is 0 Å². The molecule has 0 aromatic heterocycles. The molecule has 0 saturated heterocycles. The number of hydrogen-bond acceptors (Lipinski definition) is 3. The molecule has 1 atom stereocenters. The maximum Gasteiger partial charge on any atom is 0.311 e. The van der Waals surface area contributed by atoms with Gasteiger partial charge in [0.05, 0.1) is 6.42 Å². The van der Waals surface area contributed by atoms with Crippen molar-refractivity contribution < 1.29 is 23.1 Å². The highest BCUT2D eigenvalue weighted by Gasteiger charge is 2.25. The van der Waals surface area contributed by atoms with Gasteiger partial charge in [-0.05, 0) is 42.0 Å². The van der Waals surface area contributed by atoms with Crippen molar-refractivity contribution in [1.82, 2.24) is 0 Å². The predicted molar refractivity (Wildman–Crippen MR) is 100 cm³/mol. The van der Waals surface area contributed by atoms with Crippen molar-refractivity contribution >= 4 is 17.6 Å². The minimum absolute atomic E-state index is 0.104. The van der Waals surface area contributed by atoms with E-state index in [1.165, 1.54) is 48.5 Å². The van der Waals surface area contributed by atoms with Crippen LogP contribution < -0.4 is 5.32 Å². The molecule has 3 rings (SSSR count). The molecule has 0 radical (unpaired) electrons. The molecule has 3 aromatic carbocycles. The first-order chi connectivity index (χ1) is 13.5. The molecule has 1 amide bonds. The number of hydrogen-bond donors (Lipinski definition) is 1. The Morgan fingerprint density at radius 3 is 2.00 bits per heavy atom. The Kier molecular flexibility index (Phi) is 6.11. The number of nitrogens with one attached hydrogen (secondary N) is 1. The number of esters is 1. The molecule has 28 heavy (non-hydrogen) atoms. The molecule has 0 aliphatic carbocycles. The monoisotopic (exact) mass is 381 g/mol. The van der Waals surface area contributed by atoms with Crippen molar-refractivity contribution in [2.75, 3.05) is 5.32 Å². The summed E-state index contributed by atoms with van der Waals surface area (Å²) in [7, 11) is 0. The Bertz CT molecular complexity index is 942. The summed E-state index contributed by atoms with van der Waals surface area (Å²) >= 11 is 0. The second-order valence-corrected chi connectivity index (χ2v) is 6.08. The molecule has 0 spiro atoms. The zero-order valence-corrected chi connectivity index (χ0v) is 14.8. The quantitative estimate of drug-likeness (QED) is 0.643. The summed E-state index contributed by atoms with van der Waals surface area (Å²) in [6, 6.07) is 19.3. The first-order valence-corrected chi connectivity index (χ1v) is 8.56. The van der Waals surface area contributed by atoms with Crippen molar-refractivity contribution in [3.05, 3.63) is 102 Å². The summed E-state index contributed by atoms with van der Waals surface area (Å²) in [5, 5.41) is 2.61. The Morgan fingerprint density at radius 2 is 1.39 bits per heavy atom. The number of halogens is 2. The molecule has 0 unspecified atom stereocenters. The fourth-order valence-electron chi connectivity index (χ4n) is 2.58. The van der Waals surface area contributed by atoms with E-state index >= 15 is 0 Å². The second kappa shape index (κ2) is 8.90. The van der Waals surface area contributed by atoms with Gasteiger partial charge < -0.3 is 10.1 Å². The number of anilines is 1. The van der Waals surface area contributed by atoms with E-state index in [4.69, 9.17) is 4.74 Å². The van der Waals surface area contributed by atoms with Gasteiger partial charge in [-0.1, -0.05) is 42.5 Å². The van der Waals surface area contributed by atoms with Gasteiger partial charge >= 0.3 is 5.97 Å². The van der Waals surface area contributed by atoms with E-state index in [-0.39, 0.29) is 6.42 Å². The number of amides is 1. The van der Waals surface area contributed by atoms with Crippen LogP contribution in [0, 0.1) is 11.6 Å². The molecule has 0 aliphatic rings. The second-order valence-electron chi connectivity index (χ2n) is 6.08. The van der Waals surface area contributed by atoms with Crippen LogP contribution in [0.1, 0.15) is 17.2 Å². The highest BCUT2D eigenvalue weighted by molar-refractivity contribution is 5.96. The van der Waals surface area contributed by atoms with Crippen molar-refractivity contribution in [3.63, 3.8) is 0 Å². The zero-order chi connectivity index (χ0) is 19.9. The van der Waals surface area contributed by atoms with Crippen LogP contribution in [-0.4, -0.2) is 11.9 Å². The average Bonchev–Trinajstić information content (AvgIpc) is 2.70. The molecule has 4 nitrogen and oxygen atoms in total. The van der Waals surface area contributed by atoms with Gasteiger partial charge in [-0.3, -0.25) is 9.59 Å². The van der Waals surface area contributed by atoms with Crippen molar-refractivity contribution in [2.45, 2.75) is 12.5 Å². The van der Waals surface area contributed by atoms with Crippen molar-refractivity contribution in [1.29, 1.82) is 0 Å². The molecule has 1 N–H and O–H groups in total. The molecule has 3 aromatic rings. The van der Waals surface area contributed by atoms with Gasteiger partial charge in [0.15, 0.2) is 0 Å². The summed E-state index contributed by atoms with van der Waals surface area (Å²) in [5.74, 6) is -2.03. The van der Waals surface area contributed by atoms with Crippen LogP contribution in [0.5, 0.6) is 0 Å². The topological polar surface area (TPSA) is 55.4 Å². The summed E-state index contributed by atoms with van der Waals surface area (Å²) in [6.45, 7) is 0. The van der Waals surface area contributed by atoms with Crippen LogP contribution in [-0.2, 0) is 20.7 Å². The molecular formula is C22H17F2NO3. The minimum atomic E-state index is -1.18. The first-order valence-electron chi connectivity index (χ1n) is 8.56. The Hall–Kier alpha value is -3.54. The number of ether oxygens (including phenoxy) is 1. The minimum Gasteiger partial charge on any atom is -0.447 e. The van der Waals surface area contributed by atoms with Gasteiger partial charge in [0, 0.05) is 11.3 Å². The molecule has 0 aliphatic heterocycles. The number of benzene rings is 3. The standard InChI is InChI=1S/C22H17F2NO3/c23-17-8-6-15(7-9-17)14-20(26)28-21(16-4-2-1-3-5-16)22(27)25-19-12-10-18(24)11-13-19/h1-13,21H,14H2,(H,25,27)/t21-/m1/s1. The average molecular weight is 381 g/mol. The number of carbonyl (C=O) groups is 2. The van der Waals surface area contributed by atoms with E-state index in [1.54, 1.807) is 30.3 Å². The van der Waals surface area contributed by atoms with Gasteiger partial charge in [-0.25, -0.2) is 8.78 Å². The van der Waals surface area contributed by atoms with E-state index in [9.17, 15) is 18.4 Å². The Morgan fingerprint density at radius 1 is 0.821 bits per heavy atom. The van der Waals surface area contributed by atoms with E-state index in [2.05, 4.69) is 5.32 Å². The van der Waals surface area contributed by atoms with Crippen molar-refractivity contribution in [3.8, 4) is 0 Å². The maximum absolute atomic E-state index is 13.0. The highest BCUT2D eigenvalue weighted by atomic mass is 19.1. The Balaban J connectivity index is 1.75. The number of carbonyl (C=O) groups excluding carboxylic acids is 2. The van der Waals surface area contributed by atoms with E-state index < -0.39 is 29.6 Å². The van der Waals surface area contributed by atoms with Crippen LogP contribution in [0.2, 0.25) is 0 Å². The van der Waals surface area contributed by atoms with Gasteiger partial charge in [-0.2, -0.15) is 0 Å². The van der Waals surface area contributed by atoms with Crippen LogP contribution in [0.25, 0.3) is 0 Å². The van der Waals surface area contributed by atoms with Gasteiger partial charge in [-0.15, -0.1) is 0 Å². The van der Waals surface area contributed by atoms with Crippen LogP contribution in [0.3, 0.4) is 0 Å². The van der Waals surface area contributed by atoms with Crippen LogP contribution in [0.15, 0.2) is 78.9 Å². The molecule has 0 fully saturated rings. The summed E-state index contributed by atoms with van der Waals surface area (Å²) in [6.07, 6.45) is -1.29. The molecule has 0 saturated carbocycles. The van der Waals surface area contributed by atoms with Crippen LogP contribution >= 0.6 is 0 Å². The summed E-state index contributed by atoms with van der Waals surface area (Å²) in [4.78, 5) is 25.0. The number of rotatable bonds is 6. The predicted octanol–water partition coefficient (Wildman–Crippen LogP) is 4.43. The summed E-state index contributed by atoms with van der Waals surface area (Å²) < 4.78 is 31.5. The van der Waals surface area contributed by atoms with Crippen molar-refractivity contribution in [2.24, 2.45) is 0 Å². The lowest BCUT2D eigenvalue weighted by Gasteiger charge is -2.18. The summed E-state index contributed by atoms with van der Waals surface area (Å²) in [5.41, 5.74) is 1.44. The Labute approximate surface area is 160 Å². The third kappa shape index (κ3) is 5.23. The highest BCUT2D eigenvalue weighted by Crippen LogP contribution is 2.21. The lowest BCUT2D eigenvalue weighted by Crippen LogP contribution is -2.26. The van der Waals surface area contributed by atoms with E-state index in [0.717, 1.165) is 0 Å². The lowest BCUT2D eigenvalue weighted by molar-refractivity contribution is -0.154. The van der Waals surface area contributed by atoms with Gasteiger partial charge in [0.1, 0.15) is 11.6 Å². The maximum atomic E-state index is 13.0. The molecule has 6 heteroatoms. The van der Waals surface area contributed by atoms with Gasteiger partial charge in [0.2, 0.25) is 6.10 Å². The SMILES string of the molecule is O=C(Cc1ccc(F)cc1)O[C@@H](C(=O)Nc1ccc(F)cc1)c1ccccc1. The normalized spacial score (nSPS) is 11.5. The fourth-order valence-corrected chi connectivity index (χ4v) is 2.58. The zero-order valence-electron chi connectivity index (χ0n) is 14.8. The van der Waals surface area contributed by atoms with Gasteiger partial charge in [0.25, 0.3) is 5.91 Å². The van der Waals surface area contributed by atoms with Crippen LogP contribution in [0.4, 0.5) is 14.5 Å². The molecule has 142 valence electrons. The fraction of sp³-hybridized carbons (Fsp3) is 0.0909. The molecule has 0 bridgehead atoms. The first kappa shape index (κ1) is 19.2. The lowest BCUT2D eigenvalue weighted by atomic mass is 10.1. The smallest absolute Gasteiger partial charge is 0.311 e. The molecular weight excluding hydrogens is 364 g/mol. The molecule has 0 heterocycles. The largest absolute Gasteiger partial charge is 0.447 e. The third-order valence-corrected chi connectivity index (χ3v) is 3.96.